The lowest BCUT2D eigenvalue weighted by Crippen LogP contribution is -2.07. The first-order valence-corrected chi connectivity index (χ1v) is 9.55. The zero-order valence-corrected chi connectivity index (χ0v) is 17.0. The third-order valence-corrected chi connectivity index (χ3v) is 4.84. The molecule has 0 saturated heterocycles. The number of carbonyl (C=O) groups is 1. The summed E-state index contributed by atoms with van der Waals surface area (Å²) in [6.45, 7) is 1.95. The number of benzene rings is 2. The largest absolute Gasteiger partial charge is 0.487 e. The summed E-state index contributed by atoms with van der Waals surface area (Å²) < 4.78 is 20.5. The fraction of sp³-hybridized carbons (Fsp3) is 0.0952. The van der Waals surface area contributed by atoms with Gasteiger partial charge in [0, 0.05) is 11.3 Å². The molecule has 0 aliphatic carbocycles. The van der Waals surface area contributed by atoms with Gasteiger partial charge in [-0.25, -0.2) is 18.7 Å². The SMILES string of the molecule is Cc1c(NC(=O)O)cn2ncnc(Nc3ccc(OCc4cccc(F)c4)c(Cl)c3)c12. The fourth-order valence-electron chi connectivity index (χ4n) is 3.11. The molecule has 0 spiro atoms. The van der Waals surface area contributed by atoms with Gasteiger partial charge in [-0.1, -0.05) is 23.7 Å². The molecule has 2 aromatic heterocycles. The van der Waals surface area contributed by atoms with E-state index < -0.39 is 6.09 Å². The molecule has 0 atom stereocenters. The number of aromatic nitrogens is 3. The van der Waals surface area contributed by atoms with Gasteiger partial charge in [0.05, 0.1) is 16.9 Å². The zero-order chi connectivity index (χ0) is 22.0. The van der Waals surface area contributed by atoms with E-state index in [1.54, 1.807) is 43.5 Å². The van der Waals surface area contributed by atoms with Crippen LogP contribution in [0.3, 0.4) is 0 Å². The van der Waals surface area contributed by atoms with Crippen LogP contribution in [0.1, 0.15) is 11.1 Å². The van der Waals surface area contributed by atoms with Crippen molar-refractivity contribution in [2.45, 2.75) is 13.5 Å². The number of rotatable bonds is 6. The molecule has 158 valence electrons. The molecule has 0 aliphatic rings. The summed E-state index contributed by atoms with van der Waals surface area (Å²) in [5.41, 5.74) is 3.05. The Bertz CT molecular complexity index is 1280. The molecule has 0 radical (unpaired) electrons. The smallest absolute Gasteiger partial charge is 0.409 e. The highest BCUT2D eigenvalue weighted by molar-refractivity contribution is 6.32. The van der Waals surface area contributed by atoms with E-state index in [4.69, 9.17) is 21.4 Å². The normalized spacial score (nSPS) is 10.8. The van der Waals surface area contributed by atoms with Gasteiger partial charge in [0.2, 0.25) is 0 Å². The van der Waals surface area contributed by atoms with Crippen molar-refractivity contribution >= 4 is 40.4 Å². The number of fused-ring (bicyclic) bond motifs is 1. The molecule has 0 saturated carbocycles. The summed E-state index contributed by atoms with van der Waals surface area (Å²) in [6.07, 6.45) is 1.77. The third-order valence-electron chi connectivity index (χ3n) is 4.55. The monoisotopic (exact) mass is 441 g/mol. The average molecular weight is 442 g/mol. The first-order valence-electron chi connectivity index (χ1n) is 9.17. The standard InChI is InChI=1S/C21H17ClFN5O3/c1-12-17(27-21(29)30)9-28-19(12)20(24-11-25-28)26-15-5-6-18(16(22)8-15)31-10-13-3-2-4-14(23)7-13/h2-9,11,27H,10H2,1H3,(H,29,30)(H,24,25,26). The topological polar surface area (TPSA) is 101 Å². The summed E-state index contributed by atoms with van der Waals surface area (Å²) >= 11 is 6.35. The van der Waals surface area contributed by atoms with Crippen LogP contribution in [0.4, 0.5) is 26.4 Å². The molecule has 8 nitrogen and oxygen atoms in total. The fourth-order valence-corrected chi connectivity index (χ4v) is 3.35. The third kappa shape index (κ3) is 4.51. The van der Waals surface area contributed by atoms with E-state index >= 15 is 0 Å². The number of hydrogen-bond acceptors (Lipinski definition) is 5. The van der Waals surface area contributed by atoms with Gasteiger partial charge in [-0.2, -0.15) is 5.10 Å². The van der Waals surface area contributed by atoms with E-state index in [0.717, 1.165) is 0 Å². The number of amides is 1. The first-order chi connectivity index (χ1) is 14.9. The number of nitrogens with one attached hydrogen (secondary N) is 2. The average Bonchev–Trinajstić information content (AvgIpc) is 3.03. The Morgan fingerprint density at radius 1 is 1.29 bits per heavy atom. The maximum absolute atomic E-state index is 13.3. The molecule has 0 unspecified atom stereocenters. The Morgan fingerprint density at radius 2 is 2.13 bits per heavy atom. The Hall–Kier alpha value is -3.85. The molecule has 2 aromatic carbocycles. The molecule has 2 heterocycles. The Balaban J connectivity index is 1.54. The number of nitrogens with zero attached hydrogens (tertiary/aromatic N) is 3. The highest BCUT2D eigenvalue weighted by Gasteiger charge is 2.15. The van der Waals surface area contributed by atoms with Crippen LogP contribution in [-0.4, -0.2) is 25.8 Å². The minimum Gasteiger partial charge on any atom is -0.487 e. The van der Waals surface area contributed by atoms with Crippen LogP contribution in [0.2, 0.25) is 5.02 Å². The zero-order valence-electron chi connectivity index (χ0n) is 16.3. The molecule has 31 heavy (non-hydrogen) atoms. The number of anilines is 3. The first kappa shape index (κ1) is 20.4. The summed E-state index contributed by atoms with van der Waals surface area (Å²) in [4.78, 5) is 15.3. The van der Waals surface area contributed by atoms with Crippen LogP contribution < -0.4 is 15.4 Å². The van der Waals surface area contributed by atoms with E-state index in [-0.39, 0.29) is 12.4 Å². The molecule has 1 amide bonds. The van der Waals surface area contributed by atoms with Crippen LogP contribution in [0.5, 0.6) is 5.75 Å². The lowest BCUT2D eigenvalue weighted by atomic mass is 10.2. The van der Waals surface area contributed by atoms with Crippen LogP contribution >= 0.6 is 11.6 Å². The lowest BCUT2D eigenvalue weighted by Gasteiger charge is -2.12. The molecular weight excluding hydrogens is 425 g/mol. The van der Waals surface area contributed by atoms with Crippen molar-refractivity contribution in [2.24, 2.45) is 0 Å². The van der Waals surface area contributed by atoms with Crippen molar-refractivity contribution in [1.82, 2.24) is 14.6 Å². The van der Waals surface area contributed by atoms with Gasteiger partial charge in [0.25, 0.3) is 0 Å². The summed E-state index contributed by atoms with van der Waals surface area (Å²) in [5.74, 6) is 0.608. The second-order valence-electron chi connectivity index (χ2n) is 6.69. The minimum absolute atomic E-state index is 0.180. The molecule has 0 bridgehead atoms. The molecule has 4 aromatic rings. The number of aryl methyl sites for hydroxylation is 1. The van der Waals surface area contributed by atoms with Crippen molar-refractivity contribution in [3.05, 3.63) is 77.0 Å². The van der Waals surface area contributed by atoms with Crippen LogP contribution in [-0.2, 0) is 6.61 Å². The number of carboxylic acid groups (broad SMARTS) is 1. The minimum atomic E-state index is -1.16. The van der Waals surface area contributed by atoms with E-state index in [1.165, 1.54) is 23.0 Å². The molecule has 3 N–H and O–H groups in total. The number of halogens is 2. The maximum Gasteiger partial charge on any atom is 0.409 e. The van der Waals surface area contributed by atoms with E-state index in [9.17, 15) is 9.18 Å². The van der Waals surface area contributed by atoms with Gasteiger partial charge in [0.15, 0.2) is 5.82 Å². The van der Waals surface area contributed by atoms with Gasteiger partial charge in [-0.3, -0.25) is 5.32 Å². The van der Waals surface area contributed by atoms with Crippen molar-refractivity contribution < 1.29 is 19.0 Å². The van der Waals surface area contributed by atoms with Gasteiger partial charge < -0.3 is 15.2 Å². The second-order valence-corrected chi connectivity index (χ2v) is 7.10. The van der Waals surface area contributed by atoms with Gasteiger partial charge in [0.1, 0.15) is 30.0 Å². The second kappa shape index (κ2) is 8.49. The van der Waals surface area contributed by atoms with E-state index in [0.29, 0.717) is 44.6 Å². The Labute approximate surface area is 181 Å². The van der Waals surface area contributed by atoms with E-state index in [1.807, 2.05) is 0 Å². The van der Waals surface area contributed by atoms with Gasteiger partial charge in [-0.15, -0.1) is 0 Å². The number of hydrogen-bond donors (Lipinski definition) is 3. The van der Waals surface area contributed by atoms with Crippen molar-refractivity contribution in [1.29, 1.82) is 0 Å². The predicted molar refractivity (Wildman–Crippen MR) is 115 cm³/mol. The predicted octanol–water partition coefficient (Wildman–Crippen LogP) is 5.24. The Morgan fingerprint density at radius 3 is 2.87 bits per heavy atom. The van der Waals surface area contributed by atoms with Gasteiger partial charge in [-0.05, 0) is 42.8 Å². The van der Waals surface area contributed by atoms with Crippen LogP contribution in [0.25, 0.3) is 5.52 Å². The molecule has 4 rings (SSSR count). The Kier molecular flexibility index (Phi) is 5.59. The summed E-state index contributed by atoms with van der Waals surface area (Å²) in [5, 5.41) is 19.0. The van der Waals surface area contributed by atoms with Crippen LogP contribution in [0, 0.1) is 12.7 Å². The summed E-state index contributed by atoms with van der Waals surface area (Å²) in [6, 6.07) is 11.3. The highest BCUT2D eigenvalue weighted by atomic mass is 35.5. The van der Waals surface area contributed by atoms with Crippen molar-refractivity contribution in [2.75, 3.05) is 10.6 Å². The van der Waals surface area contributed by atoms with Crippen molar-refractivity contribution in [3.63, 3.8) is 0 Å². The summed E-state index contributed by atoms with van der Waals surface area (Å²) in [7, 11) is 0. The molecule has 0 fully saturated rings. The van der Waals surface area contributed by atoms with E-state index in [2.05, 4.69) is 20.7 Å². The highest BCUT2D eigenvalue weighted by Crippen LogP contribution is 2.32. The molecule has 10 heteroatoms. The molecular formula is C21H17ClFN5O3. The van der Waals surface area contributed by atoms with Crippen LogP contribution in [0.15, 0.2) is 55.0 Å². The van der Waals surface area contributed by atoms with Gasteiger partial charge >= 0.3 is 6.09 Å². The molecule has 0 aliphatic heterocycles. The quantitative estimate of drug-likeness (QED) is 0.378. The van der Waals surface area contributed by atoms with Crippen molar-refractivity contribution in [3.8, 4) is 5.75 Å². The maximum atomic E-state index is 13.3. The lowest BCUT2D eigenvalue weighted by molar-refractivity contribution is 0.209. The number of ether oxygens (including phenoxy) is 1.